The quantitative estimate of drug-likeness (QED) is 0.726. The molecular formula is C17H17N3O3S2. The molecule has 130 valence electrons. The Bertz CT molecular complexity index is 1030. The van der Waals surface area contributed by atoms with Crippen molar-refractivity contribution in [2.45, 2.75) is 36.8 Å². The molecule has 1 aliphatic carbocycles. The lowest BCUT2D eigenvalue weighted by Gasteiger charge is -2.10. The van der Waals surface area contributed by atoms with Gasteiger partial charge in [-0.2, -0.15) is 0 Å². The Morgan fingerprint density at radius 2 is 2.00 bits per heavy atom. The molecule has 1 N–H and O–H groups in total. The first-order valence-corrected chi connectivity index (χ1v) is 10.3. The second-order valence-electron chi connectivity index (χ2n) is 6.30. The second kappa shape index (κ2) is 5.96. The van der Waals surface area contributed by atoms with Gasteiger partial charge in [0.25, 0.3) is 10.0 Å². The van der Waals surface area contributed by atoms with Crippen molar-refractivity contribution in [3.05, 3.63) is 46.7 Å². The molecule has 3 aromatic rings. The van der Waals surface area contributed by atoms with Crippen LogP contribution in [0.15, 0.2) is 38.3 Å². The Labute approximate surface area is 150 Å². The molecule has 1 aliphatic rings. The van der Waals surface area contributed by atoms with Gasteiger partial charge in [-0.1, -0.05) is 12.1 Å². The average Bonchev–Trinajstić information content (AvgIpc) is 3.10. The van der Waals surface area contributed by atoms with Crippen molar-refractivity contribution < 1.29 is 12.8 Å². The zero-order valence-corrected chi connectivity index (χ0v) is 15.4. The molecule has 0 saturated heterocycles. The fourth-order valence-corrected chi connectivity index (χ4v) is 4.73. The Hall–Kier alpha value is -2.19. The number of aromatic nitrogens is 2. The van der Waals surface area contributed by atoms with Gasteiger partial charge in [0.15, 0.2) is 0 Å². The van der Waals surface area contributed by atoms with Crippen LogP contribution in [-0.4, -0.2) is 18.6 Å². The van der Waals surface area contributed by atoms with Gasteiger partial charge >= 0.3 is 0 Å². The highest BCUT2D eigenvalue weighted by Gasteiger charge is 2.30. The normalized spacial score (nSPS) is 14.6. The van der Waals surface area contributed by atoms with E-state index in [2.05, 4.69) is 14.9 Å². The van der Waals surface area contributed by atoms with Crippen molar-refractivity contribution >= 4 is 27.0 Å². The van der Waals surface area contributed by atoms with Crippen LogP contribution in [0.5, 0.6) is 0 Å². The number of aryl methyl sites for hydroxylation is 2. The van der Waals surface area contributed by atoms with Crippen LogP contribution in [0.4, 0.5) is 5.69 Å². The monoisotopic (exact) mass is 375 g/mol. The number of nitrogens with one attached hydrogen (secondary N) is 1. The maximum atomic E-state index is 12.7. The fraction of sp³-hybridized carbons (Fsp3) is 0.294. The summed E-state index contributed by atoms with van der Waals surface area (Å²) in [6.07, 6.45) is 2.15. The standard InChI is InChI=1S/C17H17N3O3S2/c1-10-3-4-11(2)14(7-10)20-25(21,22)15-8-13(9-24-15)17-19-18-16(23-17)12-5-6-12/h3-4,7-9,12,20H,5-6H2,1-2H3. The molecule has 8 heteroatoms. The number of anilines is 1. The molecule has 2 heterocycles. The summed E-state index contributed by atoms with van der Waals surface area (Å²) in [5.41, 5.74) is 3.08. The molecule has 0 spiro atoms. The van der Waals surface area contributed by atoms with Crippen LogP contribution < -0.4 is 4.72 Å². The van der Waals surface area contributed by atoms with Gasteiger partial charge < -0.3 is 4.42 Å². The van der Waals surface area contributed by atoms with Crippen LogP contribution in [0.1, 0.15) is 35.8 Å². The Morgan fingerprint density at radius 3 is 2.76 bits per heavy atom. The van der Waals surface area contributed by atoms with E-state index in [1.807, 2.05) is 32.0 Å². The lowest BCUT2D eigenvalue weighted by molar-refractivity contribution is 0.508. The molecule has 0 atom stereocenters. The highest BCUT2D eigenvalue weighted by molar-refractivity contribution is 7.94. The average molecular weight is 375 g/mol. The van der Waals surface area contributed by atoms with E-state index < -0.39 is 10.0 Å². The third-order valence-electron chi connectivity index (χ3n) is 4.09. The molecule has 25 heavy (non-hydrogen) atoms. The van der Waals surface area contributed by atoms with Crippen molar-refractivity contribution in [3.63, 3.8) is 0 Å². The van der Waals surface area contributed by atoms with Crippen molar-refractivity contribution in [2.24, 2.45) is 0 Å². The molecule has 4 rings (SSSR count). The van der Waals surface area contributed by atoms with Gasteiger partial charge in [-0.05, 0) is 49.9 Å². The topological polar surface area (TPSA) is 85.1 Å². The van der Waals surface area contributed by atoms with Gasteiger partial charge in [-0.25, -0.2) is 8.42 Å². The minimum atomic E-state index is -3.66. The van der Waals surface area contributed by atoms with E-state index in [1.54, 1.807) is 11.4 Å². The minimum Gasteiger partial charge on any atom is -0.420 e. The van der Waals surface area contributed by atoms with E-state index in [-0.39, 0.29) is 4.21 Å². The highest BCUT2D eigenvalue weighted by Crippen LogP contribution is 2.40. The second-order valence-corrected chi connectivity index (χ2v) is 9.12. The lowest BCUT2D eigenvalue weighted by Crippen LogP contribution is -2.12. The zero-order valence-electron chi connectivity index (χ0n) is 13.8. The predicted molar refractivity (Wildman–Crippen MR) is 96.3 cm³/mol. The summed E-state index contributed by atoms with van der Waals surface area (Å²) in [6.45, 7) is 3.79. The Balaban J connectivity index is 1.60. The third kappa shape index (κ3) is 3.32. The third-order valence-corrected chi connectivity index (χ3v) is 6.90. The van der Waals surface area contributed by atoms with Crippen LogP contribution >= 0.6 is 11.3 Å². The Kier molecular flexibility index (Phi) is 3.88. The van der Waals surface area contributed by atoms with E-state index in [0.29, 0.717) is 29.0 Å². The number of sulfonamides is 1. The van der Waals surface area contributed by atoms with E-state index >= 15 is 0 Å². The van der Waals surface area contributed by atoms with Crippen LogP contribution in [-0.2, 0) is 10.0 Å². The number of nitrogens with zero attached hydrogens (tertiary/aromatic N) is 2. The molecule has 0 unspecified atom stereocenters. The molecule has 1 fully saturated rings. The summed E-state index contributed by atoms with van der Waals surface area (Å²) >= 11 is 1.14. The van der Waals surface area contributed by atoms with E-state index in [4.69, 9.17) is 4.42 Å². The number of hydrogen-bond acceptors (Lipinski definition) is 6. The van der Waals surface area contributed by atoms with Gasteiger partial charge in [0, 0.05) is 11.3 Å². The van der Waals surface area contributed by atoms with Gasteiger partial charge in [0.1, 0.15) is 4.21 Å². The first kappa shape index (κ1) is 16.3. The van der Waals surface area contributed by atoms with Crippen molar-refractivity contribution in [2.75, 3.05) is 4.72 Å². The minimum absolute atomic E-state index is 0.217. The van der Waals surface area contributed by atoms with E-state index in [9.17, 15) is 8.42 Å². The SMILES string of the molecule is Cc1ccc(C)c(NS(=O)(=O)c2cc(-c3nnc(C4CC4)o3)cs2)c1. The molecule has 0 radical (unpaired) electrons. The van der Waals surface area contributed by atoms with Crippen LogP contribution in [0, 0.1) is 13.8 Å². The number of benzene rings is 1. The molecular weight excluding hydrogens is 358 g/mol. The summed E-state index contributed by atoms with van der Waals surface area (Å²) in [5, 5.41) is 9.79. The molecule has 2 aromatic heterocycles. The van der Waals surface area contributed by atoms with Crippen molar-refractivity contribution in [3.8, 4) is 11.5 Å². The molecule has 0 bridgehead atoms. The molecule has 0 aliphatic heterocycles. The Morgan fingerprint density at radius 1 is 1.20 bits per heavy atom. The first-order valence-electron chi connectivity index (χ1n) is 7.95. The molecule has 0 amide bonds. The van der Waals surface area contributed by atoms with Crippen LogP contribution in [0.3, 0.4) is 0 Å². The van der Waals surface area contributed by atoms with Crippen LogP contribution in [0.25, 0.3) is 11.5 Å². The lowest BCUT2D eigenvalue weighted by atomic mass is 10.1. The van der Waals surface area contributed by atoms with Crippen molar-refractivity contribution in [1.82, 2.24) is 10.2 Å². The largest absolute Gasteiger partial charge is 0.420 e. The number of rotatable bonds is 5. The maximum absolute atomic E-state index is 12.7. The zero-order chi connectivity index (χ0) is 17.6. The highest BCUT2D eigenvalue weighted by atomic mass is 32.2. The number of hydrogen-bond donors (Lipinski definition) is 1. The van der Waals surface area contributed by atoms with E-state index in [1.165, 1.54) is 0 Å². The van der Waals surface area contributed by atoms with Crippen molar-refractivity contribution in [1.29, 1.82) is 0 Å². The first-order chi connectivity index (χ1) is 11.9. The molecule has 1 aromatic carbocycles. The molecule has 1 saturated carbocycles. The maximum Gasteiger partial charge on any atom is 0.271 e. The number of thiophene rings is 1. The fourth-order valence-electron chi connectivity index (χ4n) is 2.46. The summed E-state index contributed by atoms with van der Waals surface area (Å²) in [6, 6.07) is 7.23. The van der Waals surface area contributed by atoms with Gasteiger partial charge in [0.05, 0.1) is 11.3 Å². The van der Waals surface area contributed by atoms with Gasteiger partial charge in [-0.15, -0.1) is 21.5 Å². The van der Waals surface area contributed by atoms with Gasteiger partial charge in [-0.3, -0.25) is 4.72 Å². The predicted octanol–water partition coefficient (Wildman–Crippen LogP) is 4.09. The summed E-state index contributed by atoms with van der Waals surface area (Å²) in [7, 11) is -3.66. The summed E-state index contributed by atoms with van der Waals surface area (Å²) in [4.78, 5) is 0. The smallest absolute Gasteiger partial charge is 0.271 e. The summed E-state index contributed by atoms with van der Waals surface area (Å²) in [5.74, 6) is 1.37. The van der Waals surface area contributed by atoms with Crippen LogP contribution in [0.2, 0.25) is 0 Å². The van der Waals surface area contributed by atoms with E-state index in [0.717, 1.165) is 35.3 Å². The van der Waals surface area contributed by atoms with Gasteiger partial charge in [0.2, 0.25) is 11.8 Å². The summed E-state index contributed by atoms with van der Waals surface area (Å²) < 4.78 is 33.8. The molecule has 6 nitrogen and oxygen atoms in total.